The van der Waals surface area contributed by atoms with Gasteiger partial charge in [-0.3, -0.25) is 4.79 Å². The highest BCUT2D eigenvalue weighted by atomic mass is 79.9. The van der Waals surface area contributed by atoms with Crippen molar-refractivity contribution in [1.82, 2.24) is 5.32 Å². The fourth-order valence-electron chi connectivity index (χ4n) is 1.90. The van der Waals surface area contributed by atoms with Gasteiger partial charge in [0.05, 0.1) is 6.04 Å². The predicted octanol–water partition coefficient (Wildman–Crippen LogP) is 2.34. The maximum absolute atomic E-state index is 12.0. The van der Waals surface area contributed by atoms with E-state index in [0.717, 1.165) is 15.6 Å². The Bertz CT molecular complexity index is 597. The number of carbonyl (C=O) groups is 1. The van der Waals surface area contributed by atoms with E-state index in [0.29, 0.717) is 13.0 Å². The van der Waals surface area contributed by atoms with Gasteiger partial charge in [-0.15, -0.1) is 0 Å². The van der Waals surface area contributed by atoms with Gasteiger partial charge in [-0.2, -0.15) is 0 Å². The number of phenols is 1. The van der Waals surface area contributed by atoms with Crippen molar-refractivity contribution in [2.45, 2.75) is 19.0 Å². The maximum Gasteiger partial charge on any atom is 0.237 e. The summed E-state index contributed by atoms with van der Waals surface area (Å²) in [5.74, 6) is 0.0120. The second-order valence-corrected chi connectivity index (χ2v) is 5.74. The number of hydrogen-bond acceptors (Lipinski definition) is 3. The lowest BCUT2D eigenvalue weighted by Crippen LogP contribution is -2.41. The van der Waals surface area contributed by atoms with Gasteiger partial charge in [0.2, 0.25) is 5.91 Å². The lowest BCUT2D eigenvalue weighted by Gasteiger charge is -2.12. The summed E-state index contributed by atoms with van der Waals surface area (Å²) in [4.78, 5) is 12.0. The first-order chi connectivity index (χ1) is 10.0. The van der Waals surface area contributed by atoms with Gasteiger partial charge in [0.1, 0.15) is 5.75 Å². The minimum absolute atomic E-state index is 0.189. The molecule has 2 rings (SSSR count). The lowest BCUT2D eigenvalue weighted by molar-refractivity contribution is -0.122. The number of nitrogens with two attached hydrogens (primary N) is 1. The Kier molecular flexibility index (Phi) is 5.36. The molecule has 0 spiro atoms. The van der Waals surface area contributed by atoms with Gasteiger partial charge in [-0.1, -0.05) is 40.2 Å². The third-order valence-electron chi connectivity index (χ3n) is 3.11. The molecule has 0 radical (unpaired) electrons. The molecule has 0 fully saturated rings. The van der Waals surface area contributed by atoms with Gasteiger partial charge in [0, 0.05) is 11.0 Å². The number of benzene rings is 2. The first kappa shape index (κ1) is 15.5. The predicted molar refractivity (Wildman–Crippen MR) is 85.8 cm³/mol. The zero-order valence-electron chi connectivity index (χ0n) is 11.4. The molecule has 2 aromatic rings. The van der Waals surface area contributed by atoms with Crippen LogP contribution in [0, 0.1) is 0 Å². The number of carbonyl (C=O) groups excluding carboxylic acids is 1. The van der Waals surface area contributed by atoms with Gasteiger partial charge >= 0.3 is 0 Å². The smallest absolute Gasteiger partial charge is 0.237 e. The SMILES string of the molecule is NC(Cc1ccc(O)cc1)C(=O)NCc1ccc(Br)cc1. The summed E-state index contributed by atoms with van der Waals surface area (Å²) in [7, 11) is 0. The molecular weight excluding hydrogens is 332 g/mol. The molecule has 4 N–H and O–H groups in total. The fraction of sp³-hybridized carbons (Fsp3) is 0.188. The summed E-state index contributed by atoms with van der Waals surface area (Å²) < 4.78 is 1.00. The minimum atomic E-state index is -0.606. The van der Waals surface area contributed by atoms with Crippen LogP contribution in [0.3, 0.4) is 0 Å². The summed E-state index contributed by atoms with van der Waals surface area (Å²) >= 11 is 3.37. The van der Waals surface area contributed by atoms with Crippen LogP contribution in [0.2, 0.25) is 0 Å². The molecule has 0 aliphatic carbocycles. The molecule has 1 atom stereocenters. The third kappa shape index (κ3) is 4.88. The van der Waals surface area contributed by atoms with E-state index in [9.17, 15) is 9.90 Å². The van der Waals surface area contributed by atoms with Crippen LogP contribution in [0.4, 0.5) is 0 Å². The topological polar surface area (TPSA) is 75.3 Å². The van der Waals surface area contributed by atoms with Gasteiger partial charge in [0.25, 0.3) is 0 Å². The van der Waals surface area contributed by atoms with E-state index in [1.54, 1.807) is 24.3 Å². The molecule has 0 saturated heterocycles. The average molecular weight is 349 g/mol. The molecule has 2 aromatic carbocycles. The number of amides is 1. The fourth-order valence-corrected chi connectivity index (χ4v) is 2.17. The second kappa shape index (κ2) is 7.24. The number of nitrogens with one attached hydrogen (secondary N) is 1. The number of rotatable bonds is 5. The summed E-state index contributed by atoms with van der Waals surface area (Å²) in [5, 5.41) is 12.0. The van der Waals surface area contributed by atoms with E-state index in [-0.39, 0.29) is 11.7 Å². The van der Waals surface area contributed by atoms with Crippen molar-refractivity contribution in [3.63, 3.8) is 0 Å². The lowest BCUT2D eigenvalue weighted by atomic mass is 10.1. The molecule has 1 amide bonds. The quantitative estimate of drug-likeness (QED) is 0.776. The standard InChI is InChI=1S/C16H17BrN2O2/c17-13-5-1-12(2-6-13)10-19-16(21)15(18)9-11-3-7-14(20)8-4-11/h1-8,15,20H,9-10,18H2,(H,19,21). The second-order valence-electron chi connectivity index (χ2n) is 4.82. The third-order valence-corrected chi connectivity index (χ3v) is 3.64. The first-order valence-electron chi connectivity index (χ1n) is 6.60. The van der Waals surface area contributed by atoms with Crippen molar-refractivity contribution >= 4 is 21.8 Å². The zero-order valence-corrected chi connectivity index (χ0v) is 13.0. The van der Waals surface area contributed by atoms with E-state index in [2.05, 4.69) is 21.2 Å². The first-order valence-corrected chi connectivity index (χ1v) is 7.39. The van der Waals surface area contributed by atoms with E-state index in [1.165, 1.54) is 0 Å². The van der Waals surface area contributed by atoms with Gasteiger partial charge in [-0.25, -0.2) is 0 Å². The molecule has 4 nitrogen and oxygen atoms in total. The van der Waals surface area contributed by atoms with Crippen molar-refractivity contribution in [3.05, 3.63) is 64.1 Å². The van der Waals surface area contributed by atoms with Gasteiger partial charge < -0.3 is 16.2 Å². The van der Waals surface area contributed by atoms with Crippen molar-refractivity contribution in [2.75, 3.05) is 0 Å². The van der Waals surface area contributed by atoms with E-state index in [1.807, 2.05) is 24.3 Å². The van der Waals surface area contributed by atoms with Gasteiger partial charge in [0.15, 0.2) is 0 Å². The Morgan fingerprint density at radius 1 is 1.10 bits per heavy atom. The highest BCUT2D eigenvalue weighted by Gasteiger charge is 2.13. The van der Waals surface area contributed by atoms with E-state index < -0.39 is 6.04 Å². The number of hydrogen-bond donors (Lipinski definition) is 3. The molecule has 5 heteroatoms. The number of phenolic OH excluding ortho intramolecular Hbond substituents is 1. The van der Waals surface area contributed by atoms with Crippen LogP contribution < -0.4 is 11.1 Å². The van der Waals surface area contributed by atoms with Crippen LogP contribution in [-0.2, 0) is 17.8 Å². The summed E-state index contributed by atoms with van der Waals surface area (Å²) in [5.41, 5.74) is 7.83. The van der Waals surface area contributed by atoms with Crippen LogP contribution in [0.1, 0.15) is 11.1 Å². The average Bonchev–Trinajstić information content (AvgIpc) is 2.48. The molecule has 110 valence electrons. The van der Waals surface area contributed by atoms with Gasteiger partial charge in [-0.05, 0) is 41.8 Å². The van der Waals surface area contributed by atoms with E-state index >= 15 is 0 Å². The number of halogens is 1. The van der Waals surface area contributed by atoms with Crippen LogP contribution in [-0.4, -0.2) is 17.1 Å². The van der Waals surface area contributed by atoms with Crippen molar-refractivity contribution in [1.29, 1.82) is 0 Å². The number of aromatic hydroxyl groups is 1. The van der Waals surface area contributed by atoms with Crippen molar-refractivity contribution < 1.29 is 9.90 Å². The highest BCUT2D eigenvalue weighted by Crippen LogP contribution is 2.12. The normalized spacial score (nSPS) is 11.9. The Hall–Kier alpha value is -1.85. The summed E-state index contributed by atoms with van der Waals surface area (Å²) in [6, 6.07) is 13.8. The molecule has 0 aliphatic rings. The zero-order chi connectivity index (χ0) is 15.2. The monoisotopic (exact) mass is 348 g/mol. The van der Waals surface area contributed by atoms with Crippen LogP contribution in [0.5, 0.6) is 5.75 Å². The van der Waals surface area contributed by atoms with Crippen LogP contribution >= 0.6 is 15.9 Å². The summed E-state index contributed by atoms with van der Waals surface area (Å²) in [6.45, 7) is 0.454. The Morgan fingerprint density at radius 2 is 1.67 bits per heavy atom. The highest BCUT2D eigenvalue weighted by molar-refractivity contribution is 9.10. The molecule has 0 heterocycles. The summed E-state index contributed by atoms with van der Waals surface area (Å²) in [6.07, 6.45) is 0.437. The van der Waals surface area contributed by atoms with Crippen molar-refractivity contribution in [3.8, 4) is 5.75 Å². The van der Waals surface area contributed by atoms with Crippen LogP contribution in [0.25, 0.3) is 0 Å². The van der Waals surface area contributed by atoms with E-state index in [4.69, 9.17) is 5.73 Å². The molecular formula is C16H17BrN2O2. The molecule has 21 heavy (non-hydrogen) atoms. The minimum Gasteiger partial charge on any atom is -0.508 e. The maximum atomic E-state index is 12.0. The Balaban J connectivity index is 1.84. The largest absolute Gasteiger partial charge is 0.508 e. The van der Waals surface area contributed by atoms with Crippen molar-refractivity contribution in [2.24, 2.45) is 5.73 Å². The molecule has 0 aromatic heterocycles. The molecule has 0 saturated carbocycles. The van der Waals surface area contributed by atoms with Crippen LogP contribution in [0.15, 0.2) is 53.0 Å². The molecule has 0 aliphatic heterocycles. The Morgan fingerprint density at radius 3 is 2.29 bits per heavy atom. The molecule has 1 unspecified atom stereocenters. The molecule has 0 bridgehead atoms. The Labute approximate surface area is 132 Å².